The van der Waals surface area contributed by atoms with Crippen LogP contribution < -0.4 is 9.64 Å². The molecule has 5 rings (SSSR count). The van der Waals surface area contributed by atoms with Gasteiger partial charge < -0.3 is 4.74 Å². The van der Waals surface area contributed by atoms with Crippen LogP contribution in [0.5, 0.6) is 11.5 Å². The molecule has 2 fully saturated rings. The number of nitrogens with zero attached hydrogens (tertiary/aromatic N) is 1. The highest BCUT2D eigenvalue weighted by Crippen LogP contribution is 2.53. The minimum atomic E-state index is -0.172. The molecule has 2 aliphatic carbocycles. The zero-order valence-electron chi connectivity index (χ0n) is 17.0. The van der Waals surface area contributed by atoms with Gasteiger partial charge in [-0.3, -0.25) is 14.5 Å². The molecule has 1 saturated heterocycles. The van der Waals surface area contributed by atoms with Crippen LogP contribution in [0.3, 0.4) is 0 Å². The van der Waals surface area contributed by atoms with Gasteiger partial charge in [0.25, 0.3) is 0 Å². The molecule has 1 saturated carbocycles. The lowest BCUT2D eigenvalue weighted by Gasteiger charge is -2.18. The van der Waals surface area contributed by atoms with Gasteiger partial charge in [-0.25, -0.2) is 0 Å². The first kappa shape index (κ1) is 18.2. The van der Waals surface area contributed by atoms with Crippen LogP contribution in [0.2, 0.25) is 0 Å². The highest BCUT2D eigenvalue weighted by molar-refractivity contribution is 6.22. The predicted molar refractivity (Wildman–Crippen MR) is 112 cm³/mol. The lowest BCUT2D eigenvalue weighted by atomic mass is 9.85. The number of carbonyl (C=O) groups excluding carboxylic acids is 2. The molecule has 3 aliphatic rings. The third-order valence-corrected chi connectivity index (χ3v) is 6.58. The normalized spacial score (nSPS) is 27.2. The predicted octanol–water partition coefficient (Wildman–Crippen LogP) is 5.22. The van der Waals surface area contributed by atoms with E-state index < -0.39 is 0 Å². The largest absolute Gasteiger partial charge is 0.457 e. The fourth-order valence-electron chi connectivity index (χ4n) is 5.15. The molecule has 29 heavy (non-hydrogen) atoms. The number of carbonyl (C=O) groups is 2. The van der Waals surface area contributed by atoms with Crippen molar-refractivity contribution in [3.63, 3.8) is 0 Å². The van der Waals surface area contributed by atoms with Crippen LogP contribution in [-0.2, 0) is 9.59 Å². The summed E-state index contributed by atoms with van der Waals surface area (Å²) >= 11 is 0. The Hall–Kier alpha value is -2.88. The molecule has 4 unspecified atom stereocenters. The van der Waals surface area contributed by atoms with Crippen LogP contribution in [-0.4, -0.2) is 11.8 Å². The lowest BCUT2D eigenvalue weighted by molar-refractivity contribution is -0.123. The highest BCUT2D eigenvalue weighted by Gasteiger charge is 2.59. The Labute approximate surface area is 171 Å². The second-order valence-electron chi connectivity index (χ2n) is 8.80. The number of benzene rings is 2. The van der Waals surface area contributed by atoms with Crippen molar-refractivity contribution >= 4 is 17.5 Å². The van der Waals surface area contributed by atoms with Crippen molar-refractivity contribution in [3.8, 4) is 11.5 Å². The maximum Gasteiger partial charge on any atom is 0.238 e. The van der Waals surface area contributed by atoms with Crippen LogP contribution in [0.15, 0.2) is 54.6 Å². The van der Waals surface area contributed by atoms with E-state index in [2.05, 4.69) is 38.1 Å². The first-order chi connectivity index (χ1) is 13.9. The summed E-state index contributed by atoms with van der Waals surface area (Å²) in [5.41, 5.74) is 2.93. The summed E-state index contributed by atoms with van der Waals surface area (Å²) in [6.07, 6.45) is 5.18. The lowest BCUT2D eigenvalue weighted by Crippen LogP contribution is -2.32. The number of aryl methyl sites for hydroxylation is 1. The Kier molecular flexibility index (Phi) is 4.12. The standard InChI is InChI=1S/C25H25NO3/c1-14(2)20-11-4-15(3)12-21(20)29-19-9-7-18(8-10-19)26-24(27)22-16-5-6-17(13-16)23(22)25(26)28/h4-12,14,16-17,22-23H,13H2,1-3H3. The number of imide groups is 1. The van der Waals surface area contributed by atoms with E-state index in [0.717, 1.165) is 23.3 Å². The number of hydrogen-bond acceptors (Lipinski definition) is 3. The van der Waals surface area contributed by atoms with E-state index in [1.54, 1.807) is 0 Å². The molecule has 2 aromatic carbocycles. The summed E-state index contributed by atoms with van der Waals surface area (Å²) in [5, 5.41) is 0. The molecule has 1 heterocycles. The summed E-state index contributed by atoms with van der Waals surface area (Å²) in [6, 6.07) is 13.5. The topological polar surface area (TPSA) is 46.6 Å². The molecule has 0 spiro atoms. The van der Waals surface area contributed by atoms with E-state index >= 15 is 0 Å². The smallest absolute Gasteiger partial charge is 0.238 e. The van der Waals surface area contributed by atoms with Crippen LogP contribution >= 0.6 is 0 Å². The van der Waals surface area contributed by atoms with Gasteiger partial charge in [0, 0.05) is 0 Å². The van der Waals surface area contributed by atoms with Gasteiger partial charge in [0.15, 0.2) is 0 Å². The Bertz CT molecular complexity index is 991. The van der Waals surface area contributed by atoms with Crippen molar-refractivity contribution in [2.45, 2.75) is 33.1 Å². The summed E-state index contributed by atoms with van der Waals surface area (Å²) in [6.45, 7) is 6.33. The van der Waals surface area contributed by atoms with E-state index in [-0.39, 0.29) is 35.5 Å². The highest BCUT2D eigenvalue weighted by atomic mass is 16.5. The van der Waals surface area contributed by atoms with Crippen LogP contribution in [0.4, 0.5) is 5.69 Å². The SMILES string of the molecule is Cc1ccc(C(C)C)c(Oc2ccc(N3C(=O)C4C5C=CC(C5)C4C3=O)cc2)c1. The van der Waals surface area contributed by atoms with E-state index in [4.69, 9.17) is 4.74 Å². The second-order valence-corrected chi connectivity index (χ2v) is 8.80. The summed E-state index contributed by atoms with van der Waals surface area (Å²) < 4.78 is 6.14. The van der Waals surface area contributed by atoms with Gasteiger partial charge in [0.2, 0.25) is 11.8 Å². The number of amides is 2. The van der Waals surface area contributed by atoms with E-state index in [0.29, 0.717) is 17.4 Å². The molecule has 4 heteroatoms. The molecule has 0 radical (unpaired) electrons. The zero-order chi connectivity index (χ0) is 20.3. The molecule has 2 aromatic rings. The molecule has 2 amide bonds. The van der Waals surface area contributed by atoms with E-state index in [1.165, 1.54) is 4.90 Å². The van der Waals surface area contributed by atoms with Crippen molar-refractivity contribution in [1.82, 2.24) is 0 Å². The van der Waals surface area contributed by atoms with Gasteiger partial charge in [0.05, 0.1) is 17.5 Å². The van der Waals surface area contributed by atoms with E-state index in [9.17, 15) is 9.59 Å². The number of fused-ring (bicyclic) bond motifs is 5. The fraction of sp³-hybridized carbons (Fsp3) is 0.360. The monoisotopic (exact) mass is 387 g/mol. The van der Waals surface area contributed by atoms with Crippen molar-refractivity contribution in [2.24, 2.45) is 23.7 Å². The zero-order valence-corrected chi connectivity index (χ0v) is 17.0. The molecule has 1 aliphatic heterocycles. The first-order valence-corrected chi connectivity index (χ1v) is 10.4. The molecule has 148 valence electrons. The van der Waals surface area contributed by atoms with Gasteiger partial charge in [-0.2, -0.15) is 0 Å². The summed E-state index contributed by atoms with van der Waals surface area (Å²) in [7, 11) is 0. The van der Waals surface area contributed by atoms with Gasteiger partial charge in [-0.1, -0.05) is 38.1 Å². The minimum Gasteiger partial charge on any atom is -0.457 e. The third kappa shape index (κ3) is 2.81. The number of rotatable bonds is 4. The number of hydrogen-bond donors (Lipinski definition) is 0. The van der Waals surface area contributed by atoms with Gasteiger partial charge in [-0.15, -0.1) is 0 Å². The summed E-state index contributed by atoms with van der Waals surface area (Å²) in [4.78, 5) is 27.3. The quantitative estimate of drug-likeness (QED) is 0.534. The first-order valence-electron chi connectivity index (χ1n) is 10.4. The Morgan fingerprint density at radius 2 is 1.55 bits per heavy atom. The minimum absolute atomic E-state index is 0.0497. The maximum atomic E-state index is 13.0. The van der Waals surface area contributed by atoms with Gasteiger partial charge in [-0.05, 0) is 72.6 Å². The average Bonchev–Trinajstić information content (AvgIpc) is 3.36. The number of anilines is 1. The number of ether oxygens (including phenoxy) is 1. The van der Waals surface area contributed by atoms with Gasteiger partial charge >= 0.3 is 0 Å². The Morgan fingerprint density at radius 3 is 2.14 bits per heavy atom. The molecular formula is C25H25NO3. The molecule has 4 atom stereocenters. The second kappa shape index (κ2) is 6.58. The van der Waals surface area contributed by atoms with E-state index in [1.807, 2.05) is 37.3 Å². The molecular weight excluding hydrogens is 362 g/mol. The maximum absolute atomic E-state index is 13.0. The van der Waals surface area contributed by atoms with Crippen molar-refractivity contribution in [3.05, 3.63) is 65.7 Å². The molecule has 0 aromatic heterocycles. The van der Waals surface area contributed by atoms with Crippen LogP contribution in [0, 0.1) is 30.6 Å². The van der Waals surface area contributed by atoms with Gasteiger partial charge in [0.1, 0.15) is 11.5 Å². The molecule has 0 N–H and O–H groups in total. The van der Waals surface area contributed by atoms with Crippen LogP contribution in [0.25, 0.3) is 0 Å². The van der Waals surface area contributed by atoms with Crippen molar-refractivity contribution < 1.29 is 14.3 Å². The third-order valence-electron chi connectivity index (χ3n) is 6.58. The molecule has 2 bridgehead atoms. The fourth-order valence-corrected chi connectivity index (χ4v) is 5.15. The number of allylic oxidation sites excluding steroid dienone is 2. The summed E-state index contributed by atoms with van der Waals surface area (Å²) in [5.74, 6) is 1.91. The Balaban J connectivity index is 1.39. The Morgan fingerprint density at radius 1 is 0.931 bits per heavy atom. The van der Waals surface area contributed by atoms with Crippen LogP contribution in [0.1, 0.15) is 37.3 Å². The average molecular weight is 387 g/mol. The molecule has 4 nitrogen and oxygen atoms in total. The van der Waals surface area contributed by atoms with Crippen molar-refractivity contribution in [1.29, 1.82) is 0 Å². The van der Waals surface area contributed by atoms with Crippen molar-refractivity contribution in [2.75, 3.05) is 4.90 Å².